The van der Waals surface area contributed by atoms with Gasteiger partial charge in [0.15, 0.2) is 13.9 Å². The quantitative estimate of drug-likeness (QED) is 0.162. The van der Waals surface area contributed by atoms with Crippen LogP contribution in [0.5, 0.6) is 0 Å². The average molecular weight is 868 g/mol. The molecule has 4 heterocycles. The second kappa shape index (κ2) is 13.4. The molecule has 0 fully saturated rings. The van der Waals surface area contributed by atoms with E-state index in [9.17, 15) is 27.4 Å². The van der Waals surface area contributed by atoms with Crippen LogP contribution in [0.1, 0.15) is 72.2 Å². The molecule has 0 bridgehead atoms. The normalized spacial score (nSPS) is 21.6. The highest BCUT2D eigenvalue weighted by molar-refractivity contribution is 7.21. The van der Waals surface area contributed by atoms with Crippen LogP contribution in [0.4, 0.5) is 0 Å². The summed E-state index contributed by atoms with van der Waals surface area (Å²) < 4.78 is 339. The fourth-order valence-electron chi connectivity index (χ4n) is 8.85. The molecule has 0 saturated carbocycles. The molecule has 64 heavy (non-hydrogen) atoms. The molecule has 2 aliphatic rings. The van der Waals surface area contributed by atoms with E-state index in [1.807, 2.05) is 0 Å². The smallest absolute Gasteiger partial charge is 0.238 e. The van der Waals surface area contributed by atoms with Gasteiger partial charge in [-0.3, -0.25) is 4.57 Å². The van der Waals surface area contributed by atoms with Crippen molar-refractivity contribution in [3.63, 3.8) is 0 Å². The van der Waals surface area contributed by atoms with Crippen molar-refractivity contribution in [1.82, 2.24) is 24.1 Å². The Kier molecular flexibility index (Phi) is 3.20. The fourth-order valence-corrected chi connectivity index (χ4v) is 13.0. The molecule has 3 aromatic heterocycles. The second-order valence-corrected chi connectivity index (χ2v) is 17.9. The predicted octanol–water partition coefficient (Wildman–Crippen LogP) is 10.6. The molecule has 0 amide bonds. The minimum atomic E-state index is -6.32. The van der Waals surface area contributed by atoms with Crippen molar-refractivity contribution in [2.45, 2.75) is 5.92 Å². The zero-order chi connectivity index (χ0) is 73.3. The summed E-state index contributed by atoms with van der Waals surface area (Å²) in [6.45, 7) is 0. The highest BCUT2D eigenvalue weighted by Gasteiger charge is 2.48. The number of fused-ring (bicyclic) bond motifs is 11. The summed E-state index contributed by atoms with van der Waals surface area (Å²) >= 11 is 0. The van der Waals surface area contributed by atoms with E-state index in [2.05, 4.69) is 0 Å². The van der Waals surface area contributed by atoms with E-state index in [1.165, 1.54) is 0 Å². The van der Waals surface area contributed by atoms with Crippen LogP contribution in [0.15, 0.2) is 218 Å². The molecular weight excluding hydrogens is 795 g/mol. The van der Waals surface area contributed by atoms with Gasteiger partial charge < -0.3 is 4.57 Å². The number of hydrogen-bond acceptors (Lipinski definition) is 3. The molecule has 0 N–H and O–H groups in total. The van der Waals surface area contributed by atoms with Crippen LogP contribution < -0.4 is 20.7 Å². The number of aromatic nitrogens is 5. The topological polar surface area (TPSA) is 48.5 Å². The van der Waals surface area contributed by atoms with E-state index in [0.29, 0.717) is 4.57 Å². The second-order valence-electron chi connectivity index (χ2n) is 14.4. The highest BCUT2D eigenvalue weighted by Crippen LogP contribution is 2.47. The van der Waals surface area contributed by atoms with Gasteiger partial charge in [0.2, 0.25) is 5.95 Å². The Hall–Kier alpha value is -8.19. The molecule has 9 aromatic carbocycles. The molecule has 1 aliphatic heterocycles. The van der Waals surface area contributed by atoms with Gasteiger partial charge in [0.05, 0.1) is 77.3 Å². The van der Waals surface area contributed by atoms with Gasteiger partial charge in [-0.05, 0) is 67.2 Å². The summed E-state index contributed by atoms with van der Waals surface area (Å²) in [4.78, 5) is 14.2. The molecule has 0 unspecified atom stereocenters. The van der Waals surface area contributed by atoms with E-state index >= 15 is 0 Å². The molecule has 0 spiro atoms. The Morgan fingerprint density at radius 3 is 1.56 bits per heavy atom. The lowest BCUT2D eigenvalue weighted by Gasteiger charge is -2.40. The van der Waals surface area contributed by atoms with Crippen LogP contribution >= 0.6 is 0 Å². The van der Waals surface area contributed by atoms with Gasteiger partial charge in [0, 0.05) is 32.8 Å². The zero-order valence-corrected chi connectivity index (χ0v) is 32.8. The Bertz CT molecular complexity index is 5750. The van der Waals surface area contributed by atoms with Crippen LogP contribution in [-0.2, 0) is 0 Å². The highest BCUT2D eigenvalue weighted by atomic mass is 28.3. The van der Waals surface area contributed by atoms with Crippen molar-refractivity contribution in [3.05, 3.63) is 234 Å². The molecule has 12 aromatic rings. The molecule has 6 heteroatoms. The van der Waals surface area contributed by atoms with Gasteiger partial charge in [-0.25, -0.2) is 4.98 Å². The minimum Gasteiger partial charge on any atom is -0.309 e. The fraction of sp³-hybridized carbons (Fsp3) is 0.0172. The first-order valence-corrected chi connectivity index (χ1v) is 21.0. The molecule has 298 valence electrons. The SMILES string of the molecule is [2H]c1c([2H])c([2H])c([Si]2(c3c([2H])c([2H])c([2H])c([2H])c3[2H])c3c([2H])c([2H])c(-c4nc(C5c6c([2H])c([2H])c([2H])c([2H])c6-c6c([2H])c([2H])c([2H])c([2H])c65)nc(-n5c6c([2H])c([2H])c([2H])c([2H])c6c6c([2H])c([2H])c([2H])c([2H])c65)n4)c([2H])c3-n3c4c([2H])c([2H])c([2H])c([2H])c4c4c([2H])c([2H])c([2H])c2c43)c([2H])c1[2H]. The first kappa shape index (κ1) is 15.3. The van der Waals surface area contributed by atoms with Gasteiger partial charge >= 0.3 is 0 Å². The largest absolute Gasteiger partial charge is 0.309 e. The van der Waals surface area contributed by atoms with Crippen molar-refractivity contribution in [2.24, 2.45) is 0 Å². The molecule has 14 rings (SSSR count). The van der Waals surface area contributed by atoms with Crippen LogP contribution in [-0.4, -0.2) is 32.2 Å². The van der Waals surface area contributed by atoms with E-state index < -0.39 is 347 Å². The molecular formula is C58H37N5Si. The summed E-state index contributed by atoms with van der Waals surface area (Å²) in [6.07, 6.45) is 0. The van der Waals surface area contributed by atoms with Crippen molar-refractivity contribution in [2.75, 3.05) is 0 Å². The number of benzene rings is 9. The standard InChI is InChI=1S/C58H37N5Si/c1-3-18-38(19-4-1)64(39-20-5-2-6-21-39)52-35-34-37(36-51(52)62-48-30-14-13-26-44(48)47-29-17-33-53(64)55(47)62)56-59-57(54-45-27-9-7-22-40(45)41-23-8-10-28-46(41)54)61-58(60-56)63-49-31-15-11-24-42(49)43-25-12-16-32-50(43)63/h1-36,54H/i1D,2D,3D,4D,5D,6D,7D,8D,9D,10D,11D,12D,13D,14D,15D,16D,17D,18D,19D,20D,21D,22D,23D,24D,25D,26D,27D,28D,29D,30D,31D,32D,33D,34D,35D,36D. The first-order valence-electron chi connectivity index (χ1n) is 37.0. The van der Waals surface area contributed by atoms with Gasteiger partial charge in [-0.2, -0.15) is 9.97 Å². The summed E-state index contributed by atoms with van der Waals surface area (Å²) in [5, 5.41) is -6.47. The summed E-state index contributed by atoms with van der Waals surface area (Å²) in [6, 6.07) is -37.8. The van der Waals surface area contributed by atoms with Crippen molar-refractivity contribution < 1.29 is 49.3 Å². The van der Waals surface area contributed by atoms with E-state index in [4.69, 9.17) is 36.9 Å². The first-order chi connectivity index (χ1) is 46.7. The van der Waals surface area contributed by atoms with Gasteiger partial charge in [0.25, 0.3) is 0 Å². The lowest BCUT2D eigenvalue weighted by Crippen LogP contribution is -2.76. The van der Waals surface area contributed by atoms with E-state index in [1.54, 1.807) is 0 Å². The number of rotatable bonds is 5. The molecule has 0 saturated heterocycles. The third-order valence-electron chi connectivity index (χ3n) is 11.3. The number of nitrogens with zero attached hydrogens (tertiary/aromatic N) is 5. The maximum absolute atomic E-state index is 10.9. The maximum atomic E-state index is 10.9. The third kappa shape index (κ3) is 4.75. The molecule has 1 aliphatic carbocycles. The van der Waals surface area contributed by atoms with Crippen LogP contribution in [0.3, 0.4) is 0 Å². The minimum absolute atomic E-state index is 0.530. The molecule has 0 radical (unpaired) electrons. The Balaban J connectivity index is 1.29. The maximum Gasteiger partial charge on any atom is 0.238 e. The van der Waals surface area contributed by atoms with Crippen molar-refractivity contribution in [3.8, 4) is 34.2 Å². The molecule has 0 atom stereocenters. The monoisotopic (exact) mass is 868 g/mol. The van der Waals surface area contributed by atoms with Gasteiger partial charge in [-0.1, -0.05) is 193 Å². The average Bonchev–Trinajstić information content (AvgIpc) is 1.54. The van der Waals surface area contributed by atoms with Crippen LogP contribution in [0.25, 0.3) is 77.8 Å². The van der Waals surface area contributed by atoms with E-state index in [-0.39, 0.29) is 0 Å². The number of hydrogen-bond donors (Lipinski definition) is 0. The predicted molar refractivity (Wildman–Crippen MR) is 264 cm³/mol. The lowest BCUT2D eigenvalue weighted by atomic mass is 9.96. The zero-order valence-electron chi connectivity index (χ0n) is 67.8. The summed E-state index contributed by atoms with van der Waals surface area (Å²) in [5.74, 6) is -5.13. The Morgan fingerprint density at radius 2 is 0.938 bits per heavy atom. The molecule has 5 nitrogen and oxygen atoms in total. The van der Waals surface area contributed by atoms with E-state index in [0.717, 1.165) is 4.57 Å². The van der Waals surface area contributed by atoms with Gasteiger partial charge in [0.1, 0.15) is 5.82 Å². The lowest BCUT2D eigenvalue weighted by molar-refractivity contribution is 0.823. The van der Waals surface area contributed by atoms with Crippen LogP contribution in [0.2, 0.25) is 0 Å². The van der Waals surface area contributed by atoms with Crippen molar-refractivity contribution >= 4 is 72.4 Å². The van der Waals surface area contributed by atoms with Gasteiger partial charge in [-0.15, -0.1) is 0 Å². The number of para-hydroxylation sites is 4. The summed E-state index contributed by atoms with van der Waals surface area (Å²) in [5.41, 5.74) is -7.14. The Morgan fingerprint density at radius 1 is 0.422 bits per heavy atom. The Labute approximate surface area is 420 Å². The van der Waals surface area contributed by atoms with Crippen LogP contribution in [0, 0.1) is 0 Å². The third-order valence-corrected chi connectivity index (χ3v) is 15.6. The van der Waals surface area contributed by atoms with Crippen molar-refractivity contribution in [1.29, 1.82) is 0 Å². The summed E-state index contributed by atoms with van der Waals surface area (Å²) in [7, 11) is -6.32.